The van der Waals surface area contributed by atoms with Gasteiger partial charge < -0.3 is 16.8 Å². The normalized spacial score (nSPS) is 13.0. The number of hydrogen-bond donors (Lipinski definition) is 4. The fraction of sp³-hybridized carbons (Fsp3) is 0.0909. The predicted molar refractivity (Wildman–Crippen MR) is 118 cm³/mol. The third kappa shape index (κ3) is 3.24. The highest BCUT2D eigenvalue weighted by Crippen LogP contribution is 2.40. The van der Waals surface area contributed by atoms with Gasteiger partial charge in [0.2, 0.25) is 0 Å². The third-order valence-corrected chi connectivity index (χ3v) is 6.25. The Balaban J connectivity index is 2.04. The smallest absolute Gasteiger partial charge is 0.296 e. The first-order chi connectivity index (χ1) is 14.5. The molecule has 0 aromatic heterocycles. The van der Waals surface area contributed by atoms with E-state index in [4.69, 9.17) is 11.5 Å². The van der Waals surface area contributed by atoms with Crippen LogP contribution in [0, 0.1) is 13.8 Å². The molecule has 0 saturated carbocycles. The molecule has 8 nitrogen and oxygen atoms in total. The van der Waals surface area contributed by atoms with Gasteiger partial charge in [-0.2, -0.15) is 8.42 Å². The van der Waals surface area contributed by atoms with Crippen molar-refractivity contribution in [1.82, 2.24) is 0 Å². The molecule has 0 bridgehead atoms. The second-order valence-corrected chi connectivity index (χ2v) is 8.80. The second-order valence-electron chi connectivity index (χ2n) is 7.41. The molecule has 3 aromatic rings. The highest BCUT2D eigenvalue weighted by molar-refractivity contribution is 7.86. The van der Waals surface area contributed by atoms with Crippen LogP contribution in [-0.2, 0) is 10.1 Å². The first-order valence-corrected chi connectivity index (χ1v) is 10.7. The Morgan fingerprint density at radius 2 is 1.42 bits per heavy atom. The average Bonchev–Trinajstić information content (AvgIpc) is 2.70. The Labute approximate surface area is 178 Å². The van der Waals surface area contributed by atoms with Crippen LogP contribution >= 0.6 is 0 Å². The molecule has 0 fully saturated rings. The quantitative estimate of drug-likeness (QED) is 0.281. The molecule has 31 heavy (non-hydrogen) atoms. The number of rotatable bonds is 3. The Bertz CT molecular complexity index is 1410. The number of aryl methyl sites for hydroxylation is 2. The van der Waals surface area contributed by atoms with Crippen molar-refractivity contribution in [2.75, 3.05) is 16.8 Å². The molecule has 0 atom stereocenters. The molecule has 1 aliphatic carbocycles. The molecule has 0 unspecified atom stereocenters. The van der Waals surface area contributed by atoms with E-state index in [1.165, 1.54) is 12.1 Å². The average molecular weight is 437 g/mol. The fourth-order valence-electron chi connectivity index (χ4n) is 3.75. The summed E-state index contributed by atoms with van der Waals surface area (Å²) in [6.07, 6.45) is 0. The summed E-state index contributed by atoms with van der Waals surface area (Å²) in [4.78, 5) is 25.8. The largest absolute Gasteiger partial charge is 0.398 e. The van der Waals surface area contributed by atoms with E-state index >= 15 is 0 Å². The van der Waals surface area contributed by atoms with Crippen molar-refractivity contribution in [3.8, 4) is 0 Å². The number of ketones is 2. The van der Waals surface area contributed by atoms with E-state index in [0.29, 0.717) is 11.4 Å². The van der Waals surface area contributed by atoms with Gasteiger partial charge in [0, 0.05) is 22.5 Å². The van der Waals surface area contributed by atoms with Crippen LogP contribution in [-0.4, -0.2) is 24.5 Å². The molecule has 0 saturated heterocycles. The van der Waals surface area contributed by atoms with Crippen molar-refractivity contribution in [3.05, 3.63) is 75.8 Å². The number of nitrogen functional groups attached to an aromatic ring is 2. The lowest BCUT2D eigenvalue weighted by Gasteiger charge is -2.24. The van der Waals surface area contributed by atoms with Crippen molar-refractivity contribution < 1.29 is 22.6 Å². The number of carbonyl (C=O) groups excluding carboxylic acids is 2. The maximum absolute atomic E-state index is 13.3. The second kappa shape index (κ2) is 6.93. The van der Waals surface area contributed by atoms with Crippen LogP contribution in [0.1, 0.15) is 43.0 Å². The highest BCUT2D eigenvalue weighted by atomic mass is 32.2. The van der Waals surface area contributed by atoms with Gasteiger partial charge in [-0.25, -0.2) is 0 Å². The van der Waals surface area contributed by atoms with E-state index in [1.54, 1.807) is 18.2 Å². The lowest BCUT2D eigenvalue weighted by atomic mass is 9.82. The van der Waals surface area contributed by atoms with Crippen molar-refractivity contribution in [2.45, 2.75) is 18.7 Å². The van der Waals surface area contributed by atoms with Crippen LogP contribution in [0.5, 0.6) is 0 Å². The fourth-order valence-corrected chi connectivity index (χ4v) is 4.40. The Hall–Kier alpha value is -3.69. The lowest BCUT2D eigenvalue weighted by molar-refractivity contribution is 0.0980. The summed E-state index contributed by atoms with van der Waals surface area (Å²) in [5.74, 6) is -1.09. The van der Waals surface area contributed by atoms with Gasteiger partial charge in [0.05, 0.1) is 22.5 Å². The number of fused-ring (bicyclic) bond motifs is 2. The Morgan fingerprint density at radius 3 is 2.00 bits per heavy atom. The van der Waals surface area contributed by atoms with Crippen LogP contribution in [0.25, 0.3) is 0 Å². The molecule has 3 aromatic carbocycles. The summed E-state index contributed by atoms with van der Waals surface area (Å²) in [5.41, 5.74) is 14.1. The summed E-state index contributed by atoms with van der Waals surface area (Å²) in [5, 5.41) is 3.01. The van der Waals surface area contributed by atoms with Crippen molar-refractivity contribution in [3.63, 3.8) is 0 Å². The van der Waals surface area contributed by atoms with Crippen LogP contribution in [0.4, 0.5) is 22.7 Å². The third-order valence-electron chi connectivity index (χ3n) is 5.36. The molecular weight excluding hydrogens is 418 g/mol. The summed E-state index contributed by atoms with van der Waals surface area (Å²) in [6.45, 7) is 3.65. The maximum Gasteiger partial charge on any atom is 0.296 e. The van der Waals surface area contributed by atoms with E-state index in [0.717, 1.165) is 17.2 Å². The van der Waals surface area contributed by atoms with Gasteiger partial charge in [0.25, 0.3) is 10.1 Å². The van der Waals surface area contributed by atoms with Gasteiger partial charge in [-0.05, 0) is 37.1 Å². The maximum atomic E-state index is 13.3. The van der Waals surface area contributed by atoms with E-state index in [1.807, 2.05) is 19.9 Å². The van der Waals surface area contributed by atoms with Gasteiger partial charge >= 0.3 is 0 Å². The van der Waals surface area contributed by atoms with Gasteiger partial charge in [0.1, 0.15) is 4.90 Å². The van der Waals surface area contributed by atoms with Crippen LogP contribution in [0.2, 0.25) is 0 Å². The van der Waals surface area contributed by atoms with E-state index in [2.05, 4.69) is 5.32 Å². The Morgan fingerprint density at radius 1 is 0.839 bits per heavy atom. The molecule has 6 N–H and O–H groups in total. The van der Waals surface area contributed by atoms with Crippen LogP contribution in [0.3, 0.4) is 0 Å². The summed E-state index contributed by atoms with van der Waals surface area (Å²) >= 11 is 0. The Kier molecular flexibility index (Phi) is 4.60. The highest BCUT2D eigenvalue weighted by Gasteiger charge is 2.36. The van der Waals surface area contributed by atoms with E-state index in [-0.39, 0.29) is 27.9 Å². The minimum atomic E-state index is -4.78. The number of anilines is 4. The minimum Gasteiger partial charge on any atom is -0.398 e. The summed E-state index contributed by atoms with van der Waals surface area (Å²) < 4.78 is 33.6. The van der Waals surface area contributed by atoms with Crippen molar-refractivity contribution in [1.29, 1.82) is 0 Å². The van der Waals surface area contributed by atoms with E-state index < -0.39 is 32.3 Å². The molecule has 9 heteroatoms. The number of hydrogen-bond acceptors (Lipinski definition) is 7. The molecule has 1 aliphatic rings. The van der Waals surface area contributed by atoms with Crippen molar-refractivity contribution in [2.24, 2.45) is 0 Å². The molecule has 4 rings (SSSR count). The zero-order valence-electron chi connectivity index (χ0n) is 16.7. The molecular formula is C22H19N3O5S. The minimum absolute atomic E-state index is 0.0241. The molecule has 0 amide bonds. The number of benzene rings is 3. The summed E-state index contributed by atoms with van der Waals surface area (Å²) in [7, 11) is -4.78. The predicted octanol–water partition coefficient (Wildman–Crippen LogP) is 3.23. The lowest BCUT2D eigenvalue weighted by Crippen LogP contribution is -2.25. The SMILES string of the molecule is Cc1cc(C)c(Nc2cc(S(=O)(=O)O)c(N)c3c2C(=O)c2ccccc2C3=O)cc1N. The van der Waals surface area contributed by atoms with E-state index in [9.17, 15) is 22.6 Å². The topological polar surface area (TPSA) is 153 Å². The molecule has 0 aliphatic heterocycles. The van der Waals surface area contributed by atoms with Gasteiger partial charge in [0.15, 0.2) is 11.6 Å². The molecule has 0 heterocycles. The van der Waals surface area contributed by atoms with Gasteiger partial charge in [-0.3, -0.25) is 14.1 Å². The van der Waals surface area contributed by atoms with Crippen LogP contribution < -0.4 is 16.8 Å². The first kappa shape index (κ1) is 20.6. The molecule has 0 spiro atoms. The van der Waals surface area contributed by atoms with Gasteiger partial charge in [-0.15, -0.1) is 0 Å². The molecule has 158 valence electrons. The van der Waals surface area contributed by atoms with Crippen molar-refractivity contribution >= 4 is 44.4 Å². The molecule has 0 radical (unpaired) electrons. The number of nitrogens with one attached hydrogen (secondary N) is 1. The van der Waals surface area contributed by atoms with Crippen LogP contribution in [0.15, 0.2) is 47.4 Å². The zero-order chi connectivity index (χ0) is 22.7. The summed E-state index contributed by atoms with van der Waals surface area (Å²) in [6, 6.07) is 10.7. The van der Waals surface area contributed by atoms with Gasteiger partial charge in [-0.1, -0.05) is 30.3 Å². The number of carbonyl (C=O) groups is 2. The standard InChI is InChI=1S/C22H19N3O5S/c1-10-7-11(2)15(8-14(10)23)25-16-9-17(31(28,29)30)20(24)19-18(16)21(26)12-5-3-4-6-13(12)22(19)27/h3-9,25H,23-24H2,1-2H3,(H,28,29,30). The monoisotopic (exact) mass is 437 g/mol. The number of nitrogens with two attached hydrogens (primary N) is 2. The zero-order valence-corrected chi connectivity index (χ0v) is 17.5. The first-order valence-electron chi connectivity index (χ1n) is 9.27.